The highest BCUT2D eigenvalue weighted by Gasteiger charge is 2.47. The van der Waals surface area contributed by atoms with Crippen LogP contribution in [0.15, 0.2) is 24.3 Å². The number of aromatic nitrogens is 4. The summed E-state index contributed by atoms with van der Waals surface area (Å²) >= 11 is 0. The number of ether oxygens (including phenoxy) is 2. The van der Waals surface area contributed by atoms with Crippen molar-refractivity contribution in [3.05, 3.63) is 69.4 Å². The maximum absolute atomic E-state index is 15.6. The molecule has 2 fully saturated rings. The number of alkyl halides is 6. The zero-order chi connectivity index (χ0) is 35.6. The second kappa shape index (κ2) is 12.4. The van der Waals surface area contributed by atoms with Gasteiger partial charge in [-0.25, -0.2) is 4.39 Å². The molecule has 9 nitrogen and oxygen atoms in total. The molecule has 266 valence electrons. The molecule has 2 N–H and O–H groups in total. The van der Waals surface area contributed by atoms with Gasteiger partial charge in [0.05, 0.1) is 47.4 Å². The van der Waals surface area contributed by atoms with Crippen molar-refractivity contribution in [2.24, 2.45) is 0 Å². The van der Waals surface area contributed by atoms with Gasteiger partial charge >= 0.3 is 18.4 Å². The van der Waals surface area contributed by atoms with E-state index >= 15 is 4.39 Å². The van der Waals surface area contributed by atoms with Crippen molar-refractivity contribution in [3.8, 4) is 17.9 Å². The third kappa shape index (κ3) is 6.14. The van der Waals surface area contributed by atoms with E-state index in [0.29, 0.717) is 30.0 Å². The Morgan fingerprint density at radius 2 is 1.88 bits per heavy atom. The summed E-state index contributed by atoms with van der Waals surface area (Å²) in [5.41, 5.74) is 3.57. The van der Waals surface area contributed by atoms with Crippen molar-refractivity contribution in [3.63, 3.8) is 0 Å². The lowest BCUT2D eigenvalue weighted by atomic mass is 9.91. The molecule has 2 aromatic heterocycles. The Hall–Kier alpha value is -4.36. The van der Waals surface area contributed by atoms with Gasteiger partial charge in [-0.3, -0.25) is 9.58 Å². The predicted octanol–water partition coefficient (Wildman–Crippen LogP) is 6.20. The summed E-state index contributed by atoms with van der Waals surface area (Å²) in [6.45, 7) is 7.68. The lowest BCUT2D eigenvalue weighted by molar-refractivity contribution is -0.141. The first-order valence-electron chi connectivity index (χ1n) is 16.2. The molecule has 0 radical (unpaired) electrons. The van der Waals surface area contributed by atoms with E-state index in [0.717, 1.165) is 50.1 Å². The van der Waals surface area contributed by atoms with Crippen LogP contribution >= 0.6 is 0 Å². The number of rotatable bonds is 5. The number of aryl methyl sites for hydroxylation is 1. The van der Waals surface area contributed by atoms with Crippen molar-refractivity contribution in [2.75, 3.05) is 36.9 Å². The van der Waals surface area contributed by atoms with E-state index in [-0.39, 0.29) is 50.0 Å². The summed E-state index contributed by atoms with van der Waals surface area (Å²) in [5.74, 6) is 3.86. The molecule has 0 bridgehead atoms. The first-order chi connectivity index (χ1) is 23.7. The summed E-state index contributed by atoms with van der Waals surface area (Å²) < 4.78 is 113. The Bertz CT molecular complexity index is 1910. The van der Waals surface area contributed by atoms with Crippen LogP contribution in [0.25, 0.3) is 0 Å². The second-order valence-electron chi connectivity index (χ2n) is 13.2. The molecule has 6 heterocycles. The minimum atomic E-state index is -4.99. The molecular formula is C34H34F7N7O2. The number of nitrogen functional groups attached to an aromatic ring is 1. The van der Waals surface area contributed by atoms with Crippen LogP contribution in [0.3, 0.4) is 0 Å². The topological polar surface area (TPSA) is 94.6 Å². The summed E-state index contributed by atoms with van der Waals surface area (Å²) in [6, 6.07) is 1.81. The number of hydrogen-bond acceptors (Lipinski definition) is 8. The Morgan fingerprint density at radius 3 is 2.62 bits per heavy atom. The number of benzene rings is 1. The molecule has 0 amide bonds. The van der Waals surface area contributed by atoms with Gasteiger partial charge in [-0.05, 0) is 51.3 Å². The van der Waals surface area contributed by atoms with Gasteiger partial charge in [0.15, 0.2) is 11.5 Å². The fraction of sp³-hybridized carbons (Fsp3) is 0.500. The number of halogens is 7. The number of nitrogens with two attached hydrogens (primary N) is 1. The van der Waals surface area contributed by atoms with Crippen LogP contribution in [-0.4, -0.2) is 56.4 Å². The lowest BCUT2D eigenvalue weighted by Gasteiger charge is -2.33. The molecule has 16 heteroatoms. The van der Waals surface area contributed by atoms with E-state index in [1.165, 1.54) is 11.6 Å². The van der Waals surface area contributed by atoms with Crippen LogP contribution in [0.4, 0.5) is 42.2 Å². The molecule has 50 heavy (non-hydrogen) atoms. The molecule has 2 atom stereocenters. The molecule has 0 aliphatic carbocycles. The minimum absolute atomic E-state index is 0.00799. The van der Waals surface area contributed by atoms with Gasteiger partial charge in [0.2, 0.25) is 0 Å². The Morgan fingerprint density at radius 1 is 1.08 bits per heavy atom. The van der Waals surface area contributed by atoms with Crippen molar-refractivity contribution >= 4 is 11.5 Å². The van der Waals surface area contributed by atoms with Crippen LogP contribution in [0.2, 0.25) is 0 Å². The van der Waals surface area contributed by atoms with Crippen LogP contribution in [0, 0.1) is 17.7 Å². The maximum Gasteiger partial charge on any atom is 0.435 e. The molecule has 4 aliphatic heterocycles. The van der Waals surface area contributed by atoms with Gasteiger partial charge in [-0.15, -0.1) is 5.92 Å². The quantitative estimate of drug-likeness (QED) is 0.145. The van der Waals surface area contributed by atoms with Crippen LogP contribution in [0.5, 0.6) is 6.01 Å². The van der Waals surface area contributed by atoms with Gasteiger partial charge < -0.3 is 20.1 Å². The van der Waals surface area contributed by atoms with Gasteiger partial charge in [0.25, 0.3) is 0 Å². The normalized spacial score (nSPS) is 22.4. The highest BCUT2D eigenvalue weighted by molar-refractivity contribution is 5.59. The van der Waals surface area contributed by atoms with E-state index in [4.69, 9.17) is 20.2 Å². The van der Waals surface area contributed by atoms with Crippen LogP contribution in [0.1, 0.15) is 78.0 Å². The average Bonchev–Trinajstić information content (AvgIpc) is 3.67. The fourth-order valence-electron chi connectivity index (χ4n) is 7.71. The van der Waals surface area contributed by atoms with Crippen molar-refractivity contribution in [1.82, 2.24) is 24.6 Å². The zero-order valence-corrected chi connectivity index (χ0v) is 27.1. The molecule has 1 aromatic carbocycles. The molecule has 2 saturated heterocycles. The number of fused-ring (bicyclic) bond motifs is 3. The molecule has 3 aromatic rings. The third-order valence-electron chi connectivity index (χ3n) is 9.86. The number of anilines is 2. The number of nitrogens with zero attached hydrogens (tertiary/aromatic N) is 6. The third-order valence-corrected chi connectivity index (χ3v) is 9.86. The first kappa shape index (κ1) is 34.1. The molecule has 0 saturated carbocycles. The standard InChI is InChI=1S/C34H34F7N7O2/c1-3-6-20-11-23(42)29(35)27(28(20)34(39,40)41)25-13-24-22(17-49-25)30(46-8-5-10-48-21(16-46)12-26(45-48)33(36,37)38)44-31(43-24)50-18-32-7-4-9-47(32)15-19(2)14-32/h11-12,25H,2,4-5,7-10,13-18,42H2,1H3. The summed E-state index contributed by atoms with van der Waals surface area (Å²) in [7, 11) is 0. The van der Waals surface area contributed by atoms with E-state index < -0.39 is 52.3 Å². The average molecular weight is 706 g/mol. The smallest absolute Gasteiger partial charge is 0.435 e. The Kier molecular flexibility index (Phi) is 8.49. The zero-order valence-electron chi connectivity index (χ0n) is 27.1. The second-order valence-corrected chi connectivity index (χ2v) is 13.2. The minimum Gasteiger partial charge on any atom is -0.461 e. The largest absolute Gasteiger partial charge is 0.461 e. The number of hydrogen-bond donors (Lipinski definition) is 1. The monoisotopic (exact) mass is 705 g/mol. The SMILES string of the molecule is C=C1CN2CCCC2(COc2nc3c(c(N4CCCn5nc(C(F)(F)F)cc5C4)n2)COC(c2c(F)c(N)cc(C#CC)c2C(F)(F)F)C3)C1. The fourth-order valence-corrected chi connectivity index (χ4v) is 7.71. The maximum atomic E-state index is 15.6. The van der Waals surface area contributed by atoms with Crippen LogP contribution in [-0.2, 0) is 43.2 Å². The summed E-state index contributed by atoms with van der Waals surface area (Å²) in [4.78, 5) is 13.4. The van der Waals surface area contributed by atoms with Crippen molar-refractivity contribution in [2.45, 2.75) is 82.7 Å². The van der Waals surface area contributed by atoms with Gasteiger partial charge in [0.1, 0.15) is 12.4 Å². The highest BCUT2D eigenvalue weighted by atomic mass is 19.4. The molecule has 2 unspecified atom stereocenters. The Labute approximate surface area is 283 Å². The lowest BCUT2D eigenvalue weighted by Crippen LogP contribution is -2.43. The predicted molar refractivity (Wildman–Crippen MR) is 167 cm³/mol. The van der Waals surface area contributed by atoms with E-state index in [1.54, 1.807) is 4.90 Å². The van der Waals surface area contributed by atoms with Gasteiger partial charge in [-0.1, -0.05) is 18.1 Å². The summed E-state index contributed by atoms with van der Waals surface area (Å²) in [6.07, 6.45) is -8.35. The van der Waals surface area contributed by atoms with Crippen LogP contribution < -0.4 is 15.4 Å². The highest BCUT2D eigenvalue weighted by Crippen LogP contribution is 2.45. The summed E-state index contributed by atoms with van der Waals surface area (Å²) in [5, 5.41) is 3.76. The molecular weight excluding hydrogens is 671 g/mol. The molecule has 0 spiro atoms. The van der Waals surface area contributed by atoms with Crippen molar-refractivity contribution < 1.29 is 40.2 Å². The molecule has 7 rings (SSSR count). The molecule has 4 aliphatic rings. The Balaban J connectivity index is 1.29. The van der Waals surface area contributed by atoms with E-state index in [9.17, 15) is 26.3 Å². The van der Waals surface area contributed by atoms with E-state index in [1.807, 2.05) is 0 Å². The van der Waals surface area contributed by atoms with Gasteiger partial charge in [0, 0.05) is 42.7 Å². The first-order valence-corrected chi connectivity index (χ1v) is 16.2. The van der Waals surface area contributed by atoms with Gasteiger partial charge in [-0.2, -0.15) is 41.4 Å². The van der Waals surface area contributed by atoms with E-state index in [2.05, 4.69) is 33.4 Å². The van der Waals surface area contributed by atoms with Crippen molar-refractivity contribution in [1.29, 1.82) is 0 Å².